The first-order valence-corrected chi connectivity index (χ1v) is 8.62. The molecule has 0 atom stereocenters. The maximum Gasteiger partial charge on any atom is 0.331 e. The Balaban J connectivity index is 1.49. The van der Waals surface area contributed by atoms with Crippen molar-refractivity contribution in [2.75, 3.05) is 0 Å². The van der Waals surface area contributed by atoms with Crippen LogP contribution in [0.25, 0.3) is 10.9 Å². The number of fused-ring (bicyclic) bond motifs is 1. The van der Waals surface area contributed by atoms with Gasteiger partial charge in [-0.1, -0.05) is 36.4 Å². The summed E-state index contributed by atoms with van der Waals surface area (Å²) in [7, 11) is 1.71. The number of amides is 1. The van der Waals surface area contributed by atoms with Gasteiger partial charge in [0.2, 0.25) is 5.88 Å². The van der Waals surface area contributed by atoms with Gasteiger partial charge in [0.15, 0.2) is 11.4 Å². The van der Waals surface area contributed by atoms with Gasteiger partial charge in [-0.05, 0) is 30.3 Å². The second-order valence-electron chi connectivity index (χ2n) is 6.12. The average Bonchev–Trinajstić information content (AvgIpc) is 3.30. The Kier molecular flexibility index (Phi) is 4.63. The second kappa shape index (κ2) is 7.40. The van der Waals surface area contributed by atoms with Gasteiger partial charge in [-0.25, -0.2) is 0 Å². The number of azo groups is 1. The highest BCUT2D eigenvalue weighted by Gasteiger charge is 2.15. The zero-order valence-electron chi connectivity index (χ0n) is 15.1. The predicted molar refractivity (Wildman–Crippen MR) is 103 cm³/mol. The summed E-state index contributed by atoms with van der Waals surface area (Å²) in [4.78, 5) is 12.3. The predicted octanol–water partition coefficient (Wildman–Crippen LogP) is 4.98. The number of carbonyl (C=O) groups excluding carboxylic acids is 1. The van der Waals surface area contributed by atoms with E-state index in [2.05, 4.69) is 10.2 Å². The molecule has 1 N–H and O–H groups in total. The summed E-state index contributed by atoms with van der Waals surface area (Å²) in [6, 6.07) is 19.8. The lowest BCUT2D eigenvalue weighted by molar-refractivity contribution is 0.0964. The van der Waals surface area contributed by atoms with E-state index >= 15 is 0 Å². The van der Waals surface area contributed by atoms with Gasteiger partial charge in [0, 0.05) is 12.4 Å². The standard InChI is InChI=1S/C21H17N3O4/c1-24-17-10-6-5-9-16(17)19(21(24)26)22-23-20(25)18-12-11-15(28-18)13-27-14-7-3-2-4-8-14/h2-12,26H,13H2,1H3. The van der Waals surface area contributed by atoms with Gasteiger partial charge in [-0.3, -0.25) is 4.79 Å². The number of para-hydroxylation sites is 2. The van der Waals surface area contributed by atoms with Crippen molar-refractivity contribution in [1.29, 1.82) is 0 Å². The summed E-state index contributed by atoms with van der Waals surface area (Å²) < 4.78 is 12.7. The van der Waals surface area contributed by atoms with Crippen LogP contribution in [0.2, 0.25) is 0 Å². The highest BCUT2D eigenvalue weighted by molar-refractivity contribution is 5.96. The maximum atomic E-state index is 12.3. The molecule has 0 aliphatic carbocycles. The molecule has 2 aromatic heterocycles. The molecule has 0 saturated carbocycles. The molecule has 1 amide bonds. The third-order valence-electron chi connectivity index (χ3n) is 4.29. The first kappa shape index (κ1) is 17.5. The molecule has 28 heavy (non-hydrogen) atoms. The molecular weight excluding hydrogens is 358 g/mol. The Bertz CT molecular complexity index is 1160. The highest BCUT2D eigenvalue weighted by Crippen LogP contribution is 2.37. The highest BCUT2D eigenvalue weighted by atomic mass is 16.5. The number of furan rings is 1. The van der Waals surface area contributed by atoms with E-state index in [-0.39, 0.29) is 23.9 Å². The first-order chi connectivity index (χ1) is 13.6. The number of nitrogens with zero attached hydrogens (tertiary/aromatic N) is 3. The number of rotatable bonds is 5. The summed E-state index contributed by atoms with van der Waals surface area (Å²) in [5.74, 6) is 0.552. The number of hydrogen-bond acceptors (Lipinski definition) is 5. The van der Waals surface area contributed by atoms with Crippen LogP contribution in [-0.2, 0) is 13.7 Å². The summed E-state index contributed by atoms with van der Waals surface area (Å²) in [5, 5.41) is 18.6. The Morgan fingerprint density at radius 3 is 2.64 bits per heavy atom. The Morgan fingerprint density at radius 2 is 1.82 bits per heavy atom. The van der Waals surface area contributed by atoms with Gasteiger partial charge in [0.25, 0.3) is 0 Å². The number of aromatic nitrogens is 1. The summed E-state index contributed by atoms with van der Waals surface area (Å²) >= 11 is 0. The van der Waals surface area contributed by atoms with Crippen LogP contribution in [0.5, 0.6) is 11.6 Å². The zero-order chi connectivity index (χ0) is 19.5. The van der Waals surface area contributed by atoms with Crippen LogP contribution in [0.1, 0.15) is 16.3 Å². The molecule has 0 fully saturated rings. The van der Waals surface area contributed by atoms with E-state index in [1.165, 1.54) is 6.07 Å². The van der Waals surface area contributed by atoms with Crippen molar-refractivity contribution < 1.29 is 19.1 Å². The third kappa shape index (κ3) is 3.37. The first-order valence-electron chi connectivity index (χ1n) is 8.62. The zero-order valence-corrected chi connectivity index (χ0v) is 15.1. The van der Waals surface area contributed by atoms with Crippen molar-refractivity contribution in [3.63, 3.8) is 0 Å². The molecule has 7 heteroatoms. The largest absolute Gasteiger partial charge is 0.493 e. The molecule has 0 unspecified atom stereocenters. The molecule has 0 radical (unpaired) electrons. The SMILES string of the molecule is Cn1c(O)c(N=NC(=O)c2ccc(COc3ccccc3)o2)c2ccccc21. The van der Waals surface area contributed by atoms with Crippen LogP contribution in [-0.4, -0.2) is 15.6 Å². The Morgan fingerprint density at radius 1 is 1.07 bits per heavy atom. The van der Waals surface area contributed by atoms with E-state index in [9.17, 15) is 9.90 Å². The maximum absolute atomic E-state index is 12.3. The topological polar surface area (TPSA) is 89.3 Å². The fourth-order valence-electron chi connectivity index (χ4n) is 2.84. The lowest BCUT2D eigenvalue weighted by Gasteiger charge is -2.02. The Hall–Kier alpha value is -3.87. The molecule has 2 heterocycles. The number of aromatic hydroxyl groups is 1. The molecule has 7 nitrogen and oxygen atoms in total. The molecule has 4 aromatic rings. The van der Waals surface area contributed by atoms with E-state index in [0.717, 1.165) is 5.52 Å². The van der Waals surface area contributed by atoms with Crippen molar-refractivity contribution in [2.45, 2.75) is 6.61 Å². The van der Waals surface area contributed by atoms with E-state index in [1.807, 2.05) is 48.5 Å². The van der Waals surface area contributed by atoms with Crippen LogP contribution < -0.4 is 4.74 Å². The summed E-state index contributed by atoms with van der Waals surface area (Å²) in [6.45, 7) is 0.193. The molecule has 0 aliphatic heterocycles. The van der Waals surface area contributed by atoms with Gasteiger partial charge in [-0.2, -0.15) is 0 Å². The van der Waals surface area contributed by atoms with E-state index in [0.29, 0.717) is 16.9 Å². The number of benzene rings is 2. The van der Waals surface area contributed by atoms with Crippen LogP contribution in [0.15, 0.2) is 81.4 Å². The molecular formula is C21H17N3O4. The number of ether oxygens (including phenoxy) is 1. The van der Waals surface area contributed by atoms with E-state index in [1.54, 1.807) is 23.7 Å². The van der Waals surface area contributed by atoms with Crippen LogP contribution >= 0.6 is 0 Å². The lowest BCUT2D eigenvalue weighted by atomic mass is 10.2. The van der Waals surface area contributed by atoms with Gasteiger partial charge in [0.05, 0.1) is 5.52 Å². The fraction of sp³-hybridized carbons (Fsp3) is 0.0952. The number of hydrogen-bond donors (Lipinski definition) is 1. The monoisotopic (exact) mass is 375 g/mol. The van der Waals surface area contributed by atoms with Gasteiger partial charge in [0.1, 0.15) is 18.1 Å². The number of carbonyl (C=O) groups is 1. The molecule has 0 bridgehead atoms. The molecule has 4 rings (SSSR count). The van der Waals surface area contributed by atoms with Gasteiger partial charge < -0.3 is 18.8 Å². The molecule has 0 saturated heterocycles. The van der Waals surface area contributed by atoms with Crippen molar-refractivity contribution in [3.8, 4) is 11.6 Å². The number of aryl methyl sites for hydroxylation is 1. The van der Waals surface area contributed by atoms with Crippen molar-refractivity contribution in [1.82, 2.24) is 4.57 Å². The fourth-order valence-corrected chi connectivity index (χ4v) is 2.84. The molecule has 0 spiro atoms. The minimum Gasteiger partial charge on any atom is -0.493 e. The minimum absolute atomic E-state index is 0.0511. The quantitative estimate of drug-likeness (QED) is 0.498. The average molecular weight is 375 g/mol. The second-order valence-corrected chi connectivity index (χ2v) is 6.12. The molecule has 0 aliphatic rings. The summed E-state index contributed by atoms with van der Waals surface area (Å²) in [5.41, 5.74) is 1.03. The lowest BCUT2D eigenvalue weighted by Crippen LogP contribution is -1.94. The van der Waals surface area contributed by atoms with E-state index in [4.69, 9.17) is 9.15 Å². The van der Waals surface area contributed by atoms with Crippen LogP contribution in [0.3, 0.4) is 0 Å². The van der Waals surface area contributed by atoms with E-state index < -0.39 is 5.91 Å². The normalized spacial score (nSPS) is 11.3. The third-order valence-corrected chi connectivity index (χ3v) is 4.29. The van der Waals surface area contributed by atoms with Gasteiger partial charge >= 0.3 is 5.91 Å². The Labute approximate surface area is 160 Å². The van der Waals surface area contributed by atoms with Crippen LogP contribution in [0, 0.1) is 0 Å². The van der Waals surface area contributed by atoms with Gasteiger partial charge in [-0.15, -0.1) is 10.2 Å². The molecule has 140 valence electrons. The van der Waals surface area contributed by atoms with Crippen molar-refractivity contribution in [2.24, 2.45) is 17.3 Å². The minimum atomic E-state index is -0.640. The molecule has 2 aromatic carbocycles. The van der Waals surface area contributed by atoms with Crippen LogP contribution in [0.4, 0.5) is 5.69 Å². The smallest absolute Gasteiger partial charge is 0.331 e. The van der Waals surface area contributed by atoms with Crippen molar-refractivity contribution in [3.05, 3.63) is 78.3 Å². The van der Waals surface area contributed by atoms with Crippen molar-refractivity contribution >= 4 is 22.5 Å². The summed E-state index contributed by atoms with van der Waals surface area (Å²) in [6.07, 6.45) is 0.